The van der Waals surface area contributed by atoms with Gasteiger partial charge in [0.25, 0.3) is 0 Å². The van der Waals surface area contributed by atoms with Crippen LogP contribution in [-0.4, -0.2) is 8.07 Å². The van der Waals surface area contributed by atoms with Crippen molar-refractivity contribution in [1.29, 1.82) is 0 Å². The van der Waals surface area contributed by atoms with Crippen molar-refractivity contribution in [2.45, 2.75) is 58.2 Å². The predicted molar refractivity (Wildman–Crippen MR) is 85.5 cm³/mol. The minimum Gasteiger partial charge on any atom is -0.208 e. The molecule has 1 heterocycles. The summed E-state index contributed by atoms with van der Waals surface area (Å²) in [6.07, 6.45) is 4.13. The summed E-state index contributed by atoms with van der Waals surface area (Å²) in [4.78, 5) is 0. The smallest absolute Gasteiger partial charge is 0.169 e. The van der Waals surface area contributed by atoms with E-state index in [9.17, 15) is 0 Å². The summed E-state index contributed by atoms with van der Waals surface area (Å²) in [6.45, 7) is 14.1. The van der Waals surface area contributed by atoms with Crippen LogP contribution in [0.25, 0.3) is 0 Å². The van der Waals surface area contributed by atoms with Crippen LogP contribution >= 0.6 is 0 Å². The van der Waals surface area contributed by atoms with Crippen LogP contribution in [0.15, 0.2) is 24.5 Å². The molecule has 0 aromatic carbocycles. The van der Waals surface area contributed by atoms with E-state index >= 15 is 0 Å². The van der Waals surface area contributed by atoms with E-state index in [1.54, 1.807) is 0 Å². The highest BCUT2D eigenvalue weighted by Crippen LogP contribution is 2.40. The van der Waals surface area contributed by atoms with Gasteiger partial charge in [-0.3, -0.25) is 0 Å². The van der Waals surface area contributed by atoms with Crippen LogP contribution < -0.4 is 4.57 Å². The van der Waals surface area contributed by atoms with Crippen LogP contribution in [0.5, 0.6) is 0 Å². The summed E-state index contributed by atoms with van der Waals surface area (Å²) in [6, 6.07) is 4.21. The Morgan fingerprint density at radius 3 is 1.68 bits per heavy atom. The van der Waals surface area contributed by atoms with E-state index in [-0.39, 0.29) is 0 Å². The summed E-state index contributed by atoms with van der Waals surface area (Å²) in [5, 5.41) is 0. The van der Waals surface area contributed by atoms with Gasteiger partial charge in [0.2, 0.25) is 0 Å². The average molecular weight is 275 g/mol. The quantitative estimate of drug-likeness (QED) is 0.444. The fourth-order valence-corrected chi connectivity index (χ4v) is 8.42. The van der Waals surface area contributed by atoms with Gasteiger partial charge in [0, 0.05) is 17.7 Å². The highest BCUT2D eigenvalue weighted by molar-refractivity contribution is 6.90. The van der Waals surface area contributed by atoms with Crippen molar-refractivity contribution in [2.75, 3.05) is 0 Å². The van der Waals surface area contributed by atoms with Gasteiger partial charge in [-0.1, -0.05) is 47.5 Å². The Balaban J connectivity index is 3.19. The zero-order valence-corrected chi connectivity index (χ0v) is 14.5. The normalized spacial score (nSPS) is 11.9. The molecule has 1 rings (SSSR count). The van der Waals surface area contributed by atoms with Crippen molar-refractivity contribution in [2.24, 2.45) is 7.05 Å². The maximum Gasteiger partial charge on any atom is 0.169 e. The van der Waals surface area contributed by atoms with E-state index in [1.165, 1.54) is 0 Å². The van der Waals surface area contributed by atoms with Crippen molar-refractivity contribution in [1.82, 2.24) is 0 Å². The van der Waals surface area contributed by atoms with Crippen LogP contribution in [-0.2, 0) is 7.05 Å². The lowest BCUT2D eigenvalue weighted by atomic mass is 10.3. The second-order valence-electron chi connectivity index (χ2n) is 6.40. The van der Waals surface area contributed by atoms with E-state index in [0.29, 0.717) is 16.6 Å². The Morgan fingerprint density at radius 2 is 1.32 bits per heavy atom. The van der Waals surface area contributed by atoms with Gasteiger partial charge >= 0.3 is 0 Å². The molecule has 0 spiro atoms. The van der Waals surface area contributed by atoms with E-state index in [4.69, 9.17) is 0 Å². The van der Waals surface area contributed by atoms with Crippen LogP contribution in [0.2, 0.25) is 16.6 Å². The lowest BCUT2D eigenvalue weighted by Gasteiger charge is -2.38. The first-order valence-electron chi connectivity index (χ1n) is 7.29. The molecule has 1 aromatic rings. The van der Waals surface area contributed by atoms with Gasteiger partial charge in [-0.15, -0.1) is 5.54 Å². The van der Waals surface area contributed by atoms with E-state index in [0.717, 1.165) is 5.56 Å². The standard InChI is InChI=1S/C17H28NSi/c1-14(2)19(15(3)4,16(5)6)13-10-17-8-11-18(7)12-9-17/h8-9,11-12,14-16H,1-7H3/q+1. The van der Waals surface area contributed by atoms with Crippen molar-refractivity contribution in [3.05, 3.63) is 30.1 Å². The van der Waals surface area contributed by atoms with E-state index in [2.05, 4.69) is 77.5 Å². The number of hydrogen-bond acceptors (Lipinski definition) is 0. The highest BCUT2D eigenvalue weighted by atomic mass is 28.3. The molecule has 0 saturated heterocycles. The van der Waals surface area contributed by atoms with Gasteiger partial charge < -0.3 is 0 Å². The van der Waals surface area contributed by atoms with Gasteiger partial charge in [-0.05, 0) is 16.6 Å². The third-order valence-corrected chi connectivity index (χ3v) is 10.6. The molecule has 0 saturated carbocycles. The molecule has 0 aliphatic heterocycles. The molecule has 0 unspecified atom stereocenters. The minimum absolute atomic E-state index is 0.694. The van der Waals surface area contributed by atoms with Crippen molar-refractivity contribution in [3.8, 4) is 11.5 Å². The third kappa shape index (κ3) is 3.48. The molecule has 1 aromatic heterocycles. The molecule has 0 radical (unpaired) electrons. The average Bonchev–Trinajstić information content (AvgIpc) is 2.30. The van der Waals surface area contributed by atoms with E-state index in [1.807, 2.05) is 11.6 Å². The maximum atomic E-state index is 3.75. The SMILES string of the molecule is CC(C)[Si](C#Cc1cc[n+](C)cc1)(C(C)C)C(C)C. The van der Waals surface area contributed by atoms with Gasteiger partial charge in [0.15, 0.2) is 12.4 Å². The minimum atomic E-state index is -1.59. The Labute approximate surface area is 120 Å². The summed E-state index contributed by atoms with van der Waals surface area (Å²) >= 11 is 0. The molecule has 0 atom stereocenters. The number of hydrogen-bond donors (Lipinski definition) is 0. The van der Waals surface area contributed by atoms with Gasteiger partial charge in [-0.2, -0.15) is 0 Å². The fourth-order valence-electron chi connectivity index (χ4n) is 3.20. The second kappa shape index (κ2) is 6.39. The van der Waals surface area contributed by atoms with Crippen molar-refractivity contribution < 1.29 is 4.57 Å². The number of aromatic nitrogens is 1. The molecule has 1 nitrogen and oxygen atoms in total. The fraction of sp³-hybridized carbons (Fsp3) is 0.588. The predicted octanol–water partition coefficient (Wildman–Crippen LogP) is 4.08. The lowest BCUT2D eigenvalue weighted by Crippen LogP contribution is -2.43. The van der Waals surface area contributed by atoms with Crippen LogP contribution in [0.3, 0.4) is 0 Å². The second-order valence-corrected chi connectivity index (χ2v) is 12.0. The lowest BCUT2D eigenvalue weighted by molar-refractivity contribution is -0.671. The molecule has 2 heteroatoms. The zero-order chi connectivity index (χ0) is 14.6. The summed E-state index contributed by atoms with van der Waals surface area (Å²) in [5.41, 5.74) is 6.97. The Bertz CT molecular complexity index is 439. The molecule has 19 heavy (non-hydrogen) atoms. The number of nitrogens with zero attached hydrogens (tertiary/aromatic N) is 1. The molecule has 0 fully saturated rings. The molecule has 0 N–H and O–H groups in total. The molecular weight excluding hydrogens is 246 g/mol. The molecule has 0 aliphatic carbocycles. The summed E-state index contributed by atoms with van der Waals surface area (Å²) < 4.78 is 2.04. The molecule has 0 aliphatic rings. The topological polar surface area (TPSA) is 3.88 Å². The molecule has 0 bridgehead atoms. The van der Waals surface area contributed by atoms with Crippen LogP contribution in [0.1, 0.15) is 47.1 Å². The third-order valence-electron chi connectivity index (χ3n) is 4.27. The summed E-state index contributed by atoms with van der Waals surface area (Å²) in [5.74, 6) is 3.46. The first kappa shape index (κ1) is 16.0. The van der Waals surface area contributed by atoms with Crippen LogP contribution in [0.4, 0.5) is 0 Å². The van der Waals surface area contributed by atoms with Gasteiger partial charge in [-0.25, -0.2) is 4.57 Å². The Kier molecular flexibility index (Phi) is 5.37. The Hall–Kier alpha value is -1.07. The van der Waals surface area contributed by atoms with Gasteiger partial charge in [0.05, 0.1) is 0 Å². The number of pyridine rings is 1. The maximum absolute atomic E-state index is 3.75. The number of aryl methyl sites for hydroxylation is 1. The molecule has 0 amide bonds. The van der Waals surface area contributed by atoms with Crippen LogP contribution in [0, 0.1) is 11.5 Å². The first-order valence-corrected chi connectivity index (χ1v) is 9.52. The zero-order valence-electron chi connectivity index (χ0n) is 13.5. The molecule has 104 valence electrons. The molecular formula is C17H28NSi+. The van der Waals surface area contributed by atoms with E-state index < -0.39 is 8.07 Å². The Morgan fingerprint density at radius 1 is 0.895 bits per heavy atom. The first-order chi connectivity index (χ1) is 8.80. The van der Waals surface area contributed by atoms with Crippen molar-refractivity contribution in [3.63, 3.8) is 0 Å². The van der Waals surface area contributed by atoms with Crippen molar-refractivity contribution >= 4 is 8.07 Å². The van der Waals surface area contributed by atoms with Gasteiger partial charge in [0.1, 0.15) is 15.1 Å². The monoisotopic (exact) mass is 274 g/mol. The largest absolute Gasteiger partial charge is 0.208 e. The summed E-state index contributed by atoms with van der Waals surface area (Å²) in [7, 11) is 0.442. The highest BCUT2D eigenvalue weighted by Gasteiger charge is 2.41. The number of rotatable bonds is 3.